The topological polar surface area (TPSA) is 75.7 Å². The summed E-state index contributed by atoms with van der Waals surface area (Å²) in [6.45, 7) is 5.18. The van der Waals surface area contributed by atoms with Gasteiger partial charge in [-0.3, -0.25) is 9.10 Å². The van der Waals surface area contributed by atoms with Crippen LogP contribution in [-0.2, 0) is 19.6 Å². The molecule has 1 aromatic rings. The Labute approximate surface area is 149 Å². The average Bonchev–Trinajstić information content (AvgIpc) is 2.51. The van der Waals surface area contributed by atoms with Gasteiger partial charge in [0, 0.05) is 26.1 Å². The first-order valence-electron chi connectivity index (χ1n) is 8.31. The van der Waals surface area contributed by atoms with Crippen molar-refractivity contribution in [1.82, 2.24) is 5.32 Å². The van der Waals surface area contributed by atoms with Gasteiger partial charge in [-0.1, -0.05) is 0 Å². The first-order chi connectivity index (χ1) is 11.7. The third kappa shape index (κ3) is 8.83. The second kappa shape index (κ2) is 10.4. The molecule has 1 amide bonds. The van der Waals surface area contributed by atoms with Gasteiger partial charge in [-0.05, 0) is 51.0 Å². The molecule has 0 aliphatic heterocycles. The number of amides is 1. The van der Waals surface area contributed by atoms with Crippen molar-refractivity contribution in [2.24, 2.45) is 0 Å². The van der Waals surface area contributed by atoms with E-state index in [2.05, 4.69) is 5.32 Å². The fraction of sp³-hybridized carbons (Fsp3) is 0.588. The molecule has 1 aromatic carbocycles. The molecule has 0 aromatic heterocycles. The van der Waals surface area contributed by atoms with Gasteiger partial charge in [0.2, 0.25) is 15.9 Å². The summed E-state index contributed by atoms with van der Waals surface area (Å²) in [6, 6.07) is 5.23. The van der Waals surface area contributed by atoms with Gasteiger partial charge in [0.25, 0.3) is 0 Å². The molecule has 25 heavy (non-hydrogen) atoms. The van der Waals surface area contributed by atoms with Gasteiger partial charge in [0.1, 0.15) is 5.82 Å². The van der Waals surface area contributed by atoms with Crippen molar-refractivity contribution < 1.29 is 22.3 Å². The van der Waals surface area contributed by atoms with Gasteiger partial charge in [0.15, 0.2) is 0 Å². The number of halogens is 1. The van der Waals surface area contributed by atoms with E-state index in [0.717, 1.165) is 12.7 Å². The van der Waals surface area contributed by atoms with Gasteiger partial charge in [-0.2, -0.15) is 0 Å². The van der Waals surface area contributed by atoms with E-state index in [-0.39, 0.29) is 25.0 Å². The van der Waals surface area contributed by atoms with Gasteiger partial charge >= 0.3 is 0 Å². The molecule has 0 radical (unpaired) electrons. The van der Waals surface area contributed by atoms with E-state index in [4.69, 9.17) is 4.74 Å². The van der Waals surface area contributed by atoms with E-state index < -0.39 is 15.8 Å². The number of hydrogen-bond acceptors (Lipinski definition) is 4. The van der Waals surface area contributed by atoms with Crippen LogP contribution >= 0.6 is 0 Å². The summed E-state index contributed by atoms with van der Waals surface area (Å²) in [4.78, 5) is 11.8. The lowest BCUT2D eigenvalue weighted by Crippen LogP contribution is -2.32. The SMILES string of the molecule is CC(C)OCCCNC(=O)CCCN(c1ccc(F)cc1)S(C)(=O)=O. The molecule has 0 saturated carbocycles. The summed E-state index contributed by atoms with van der Waals surface area (Å²) in [7, 11) is -3.50. The number of anilines is 1. The maximum atomic E-state index is 13.0. The van der Waals surface area contributed by atoms with Crippen molar-refractivity contribution in [2.45, 2.75) is 39.2 Å². The van der Waals surface area contributed by atoms with Crippen molar-refractivity contribution in [2.75, 3.05) is 30.3 Å². The number of sulfonamides is 1. The highest BCUT2D eigenvalue weighted by atomic mass is 32.2. The molecule has 0 atom stereocenters. The van der Waals surface area contributed by atoms with E-state index in [1.807, 2.05) is 13.8 Å². The number of ether oxygens (including phenoxy) is 1. The lowest BCUT2D eigenvalue weighted by molar-refractivity contribution is -0.121. The zero-order chi connectivity index (χ0) is 18.9. The molecule has 6 nitrogen and oxygen atoms in total. The first kappa shape index (κ1) is 21.4. The Morgan fingerprint density at radius 2 is 1.88 bits per heavy atom. The molecule has 0 fully saturated rings. The zero-order valence-electron chi connectivity index (χ0n) is 15.0. The van der Waals surface area contributed by atoms with Crippen molar-refractivity contribution >= 4 is 21.6 Å². The number of rotatable bonds is 11. The first-order valence-corrected chi connectivity index (χ1v) is 10.2. The van der Waals surface area contributed by atoms with Crippen molar-refractivity contribution in [3.05, 3.63) is 30.1 Å². The molecule has 0 aliphatic carbocycles. The molecule has 0 heterocycles. The molecule has 0 spiro atoms. The number of nitrogens with one attached hydrogen (secondary N) is 1. The summed E-state index contributed by atoms with van der Waals surface area (Å²) in [5, 5.41) is 2.78. The van der Waals surface area contributed by atoms with Crippen LogP contribution in [-0.4, -0.2) is 46.4 Å². The minimum atomic E-state index is -3.50. The second-order valence-electron chi connectivity index (χ2n) is 6.04. The molecule has 0 saturated heterocycles. The molecule has 8 heteroatoms. The third-order valence-corrected chi connectivity index (χ3v) is 4.57. The summed E-state index contributed by atoms with van der Waals surface area (Å²) < 4.78 is 43.4. The Bertz CT molecular complexity index is 633. The minimum Gasteiger partial charge on any atom is -0.379 e. The van der Waals surface area contributed by atoms with Gasteiger partial charge in [-0.25, -0.2) is 12.8 Å². The zero-order valence-corrected chi connectivity index (χ0v) is 15.8. The molecular formula is C17H27FN2O4S. The van der Waals surface area contributed by atoms with Crippen LogP contribution in [0.15, 0.2) is 24.3 Å². The Kier molecular flexibility index (Phi) is 8.85. The number of hydrogen-bond donors (Lipinski definition) is 1. The van der Waals surface area contributed by atoms with Gasteiger partial charge < -0.3 is 10.1 Å². The van der Waals surface area contributed by atoms with Gasteiger partial charge in [0.05, 0.1) is 18.0 Å². The number of carbonyl (C=O) groups is 1. The summed E-state index contributed by atoms with van der Waals surface area (Å²) >= 11 is 0. The Balaban J connectivity index is 2.40. The quantitative estimate of drug-likeness (QED) is 0.603. The molecule has 0 bridgehead atoms. The lowest BCUT2D eigenvalue weighted by atomic mass is 10.2. The highest BCUT2D eigenvalue weighted by Gasteiger charge is 2.17. The van der Waals surface area contributed by atoms with Crippen LogP contribution in [0.4, 0.5) is 10.1 Å². The number of carbonyl (C=O) groups excluding carboxylic acids is 1. The number of nitrogens with zero attached hydrogens (tertiary/aromatic N) is 1. The average molecular weight is 374 g/mol. The van der Waals surface area contributed by atoms with Crippen LogP contribution in [0.3, 0.4) is 0 Å². The normalized spacial score (nSPS) is 11.6. The highest BCUT2D eigenvalue weighted by Crippen LogP contribution is 2.18. The maximum Gasteiger partial charge on any atom is 0.232 e. The highest BCUT2D eigenvalue weighted by molar-refractivity contribution is 7.92. The fourth-order valence-electron chi connectivity index (χ4n) is 2.18. The molecule has 1 N–H and O–H groups in total. The van der Waals surface area contributed by atoms with Crippen LogP contribution in [0.5, 0.6) is 0 Å². The van der Waals surface area contributed by atoms with Crippen LogP contribution < -0.4 is 9.62 Å². The fourth-order valence-corrected chi connectivity index (χ4v) is 3.15. The molecule has 1 rings (SSSR count). The Morgan fingerprint density at radius 1 is 1.24 bits per heavy atom. The van der Waals surface area contributed by atoms with E-state index >= 15 is 0 Å². The Hall–Kier alpha value is -1.67. The van der Waals surface area contributed by atoms with E-state index in [0.29, 0.717) is 25.3 Å². The third-order valence-electron chi connectivity index (χ3n) is 3.37. The van der Waals surface area contributed by atoms with Crippen molar-refractivity contribution in [3.8, 4) is 0 Å². The van der Waals surface area contributed by atoms with Crippen LogP contribution in [0, 0.1) is 5.82 Å². The summed E-state index contributed by atoms with van der Waals surface area (Å²) in [5.74, 6) is -0.560. The van der Waals surface area contributed by atoms with Crippen LogP contribution in [0.1, 0.15) is 33.1 Å². The standard InChI is InChI=1S/C17H27FN2O4S/c1-14(2)24-13-5-11-19-17(21)6-4-12-20(25(3,22)23)16-9-7-15(18)8-10-16/h7-10,14H,4-6,11-13H2,1-3H3,(H,19,21). The summed E-state index contributed by atoms with van der Waals surface area (Å²) in [6.07, 6.45) is 2.58. The second-order valence-corrected chi connectivity index (χ2v) is 7.94. The van der Waals surface area contributed by atoms with Crippen molar-refractivity contribution in [1.29, 1.82) is 0 Å². The predicted octanol–water partition coefficient (Wildman–Crippen LogP) is 2.30. The smallest absolute Gasteiger partial charge is 0.232 e. The van der Waals surface area contributed by atoms with Crippen molar-refractivity contribution in [3.63, 3.8) is 0 Å². The lowest BCUT2D eigenvalue weighted by Gasteiger charge is -2.22. The van der Waals surface area contributed by atoms with E-state index in [1.54, 1.807) is 0 Å². The molecular weight excluding hydrogens is 347 g/mol. The van der Waals surface area contributed by atoms with Crippen LogP contribution in [0.25, 0.3) is 0 Å². The molecule has 0 aliphatic rings. The largest absolute Gasteiger partial charge is 0.379 e. The minimum absolute atomic E-state index is 0.128. The molecule has 0 unspecified atom stereocenters. The monoisotopic (exact) mass is 374 g/mol. The van der Waals surface area contributed by atoms with Gasteiger partial charge in [-0.15, -0.1) is 0 Å². The molecule has 142 valence electrons. The maximum absolute atomic E-state index is 13.0. The van der Waals surface area contributed by atoms with Crippen LogP contribution in [0.2, 0.25) is 0 Å². The Morgan fingerprint density at radius 3 is 2.44 bits per heavy atom. The van der Waals surface area contributed by atoms with E-state index in [1.165, 1.54) is 28.6 Å². The predicted molar refractivity (Wildman–Crippen MR) is 96.5 cm³/mol. The van der Waals surface area contributed by atoms with E-state index in [9.17, 15) is 17.6 Å². The number of benzene rings is 1. The summed E-state index contributed by atoms with van der Waals surface area (Å²) in [5.41, 5.74) is 0.384.